The molecule has 14 heteroatoms. The van der Waals surface area contributed by atoms with Crippen LogP contribution in [0.3, 0.4) is 0 Å². The Morgan fingerprint density at radius 1 is 1.07 bits per heavy atom. The summed E-state index contributed by atoms with van der Waals surface area (Å²) < 4.78 is 45.2. The van der Waals surface area contributed by atoms with Crippen molar-refractivity contribution >= 4 is 21.8 Å². The molecule has 1 amide bonds. The monoisotopic (exact) mass is 666 g/mol. The summed E-state index contributed by atoms with van der Waals surface area (Å²) in [4.78, 5) is 38.6. The second kappa shape index (κ2) is 10.8. The maximum atomic E-state index is 14.2. The molecule has 226 valence electrons. The Bertz CT molecular complexity index is 1980. The first-order valence-corrected chi connectivity index (χ1v) is 14.4. The molecule has 1 aromatic carbocycles. The second-order valence-corrected chi connectivity index (χ2v) is 11.7. The number of halogens is 4. The Morgan fingerprint density at radius 3 is 2.45 bits per heavy atom. The minimum absolute atomic E-state index is 0.0670. The molecule has 0 N–H and O–H groups in total. The van der Waals surface area contributed by atoms with Gasteiger partial charge in [-0.3, -0.25) is 14.3 Å². The summed E-state index contributed by atoms with van der Waals surface area (Å²) in [5.74, 6) is -0.0698. The molecule has 0 radical (unpaired) electrons. The smallest absolute Gasteiger partial charge is 0.330 e. The van der Waals surface area contributed by atoms with Crippen LogP contribution in [0.15, 0.2) is 64.3 Å². The molecule has 0 spiro atoms. The number of hydrogen-bond donors (Lipinski definition) is 0. The van der Waals surface area contributed by atoms with E-state index in [1.807, 2.05) is 39.2 Å². The third kappa shape index (κ3) is 5.23. The van der Waals surface area contributed by atoms with Crippen molar-refractivity contribution in [2.75, 3.05) is 0 Å². The van der Waals surface area contributed by atoms with Gasteiger partial charge in [-0.1, -0.05) is 15.9 Å². The van der Waals surface area contributed by atoms with Crippen LogP contribution in [0.2, 0.25) is 0 Å². The quantitative estimate of drug-likeness (QED) is 0.261. The summed E-state index contributed by atoms with van der Waals surface area (Å²) in [5.41, 5.74) is 2.46. The van der Waals surface area contributed by atoms with E-state index >= 15 is 0 Å². The molecule has 0 unspecified atom stereocenters. The fourth-order valence-corrected chi connectivity index (χ4v) is 5.87. The lowest BCUT2D eigenvalue weighted by Gasteiger charge is -2.34. The molecule has 10 nitrogen and oxygen atoms in total. The molecule has 44 heavy (non-hydrogen) atoms. The first-order chi connectivity index (χ1) is 20.8. The minimum atomic E-state index is -4.64. The van der Waals surface area contributed by atoms with Crippen LogP contribution in [0.4, 0.5) is 13.2 Å². The average Bonchev–Trinajstić information content (AvgIpc) is 3.56. The highest BCUT2D eigenvalue weighted by Gasteiger charge is 2.36. The second-order valence-electron chi connectivity index (χ2n) is 10.8. The lowest BCUT2D eigenvalue weighted by molar-refractivity contribution is -0.138. The molecule has 1 aliphatic heterocycles. The maximum absolute atomic E-state index is 14.2. The molecule has 1 aliphatic rings. The number of benzene rings is 1. The van der Waals surface area contributed by atoms with Gasteiger partial charge < -0.3 is 4.90 Å². The molecular formula is C30H26BrF3N8O2. The molecule has 0 bridgehead atoms. The van der Waals surface area contributed by atoms with Crippen molar-refractivity contribution < 1.29 is 18.0 Å². The fourth-order valence-electron chi connectivity index (χ4n) is 5.40. The summed E-state index contributed by atoms with van der Waals surface area (Å²) >= 11 is 2.92. The van der Waals surface area contributed by atoms with Crippen molar-refractivity contribution in [1.82, 2.24) is 39.0 Å². The van der Waals surface area contributed by atoms with Crippen molar-refractivity contribution in [2.24, 2.45) is 7.05 Å². The number of nitrogens with zero attached hydrogens (tertiary/aromatic N) is 8. The maximum Gasteiger partial charge on any atom is 0.417 e. The van der Waals surface area contributed by atoms with E-state index in [0.717, 1.165) is 22.9 Å². The number of aryl methyl sites for hydroxylation is 3. The summed E-state index contributed by atoms with van der Waals surface area (Å²) in [6, 6.07) is 8.31. The number of carbonyl (C=O) groups is 1. The molecule has 0 aliphatic carbocycles. The molecule has 6 rings (SSSR count). The predicted molar refractivity (Wildman–Crippen MR) is 159 cm³/mol. The van der Waals surface area contributed by atoms with Crippen molar-refractivity contribution in [3.05, 3.63) is 104 Å². The van der Waals surface area contributed by atoms with Crippen LogP contribution in [0, 0.1) is 13.8 Å². The number of rotatable bonds is 4. The number of amides is 1. The average molecular weight is 667 g/mol. The Labute approximate surface area is 257 Å². The third-order valence-corrected chi connectivity index (χ3v) is 8.28. The largest absolute Gasteiger partial charge is 0.417 e. The molecule has 1 atom stereocenters. The van der Waals surface area contributed by atoms with Gasteiger partial charge in [0.1, 0.15) is 5.82 Å². The molecule has 0 saturated carbocycles. The molecule has 4 aromatic heterocycles. The van der Waals surface area contributed by atoms with Crippen LogP contribution in [-0.2, 0) is 26.2 Å². The van der Waals surface area contributed by atoms with E-state index in [1.165, 1.54) is 21.6 Å². The standard InChI is InChI=1S/C30H26BrF3N8O2/c1-16-9-18(3)42(38-16)29-37-25-15-40(27(43)19-5-7-24(31)23(11-19)30(32,33)34)17(2)10-22(25)28(44)41(29)26-8-6-20(12-35-26)21-13-36-39(4)14-21/h5-9,11-14,17H,10,15H2,1-4H3/t17-/m1/s1. The number of aromatic nitrogens is 7. The van der Waals surface area contributed by atoms with Gasteiger partial charge in [-0.05, 0) is 63.6 Å². The summed E-state index contributed by atoms with van der Waals surface area (Å²) in [6.07, 6.45) is 0.746. The Kier molecular flexibility index (Phi) is 7.26. The van der Waals surface area contributed by atoms with Crippen LogP contribution >= 0.6 is 15.9 Å². The topological polar surface area (TPSA) is 104 Å². The summed E-state index contributed by atoms with van der Waals surface area (Å²) in [5, 5.41) is 8.74. The van der Waals surface area contributed by atoms with E-state index in [2.05, 4.69) is 31.1 Å². The zero-order chi connectivity index (χ0) is 31.5. The Morgan fingerprint density at radius 2 is 1.84 bits per heavy atom. The number of fused-ring (bicyclic) bond motifs is 1. The van der Waals surface area contributed by atoms with Crippen molar-refractivity contribution in [2.45, 2.75) is 46.0 Å². The van der Waals surface area contributed by atoms with E-state index in [9.17, 15) is 22.8 Å². The third-order valence-electron chi connectivity index (χ3n) is 7.59. The molecule has 0 saturated heterocycles. The lowest BCUT2D eigenvalue weighted by atomic mass is 9.98. The molecule has 5 heterocycles. The highest BCUT2D eigenvalue weighted by molar-refractivity contribution is 9.10. The summed E-state index contributed by atoms with van der Waals surface area (Å²) in [6.45, 7) is 5.34. The van der Waals surface area contributed by atoms with Gasteiger partial charge in [-0.25, -0.2) is 19.2 Å². The van der Waals surface area contributed by atoms with Crippen molar-refractivity contribution in [1.29, 1.82) is 0 Å². The van der Waals surface area contributed by atoms with E-state index < -0.39 is 23.7 Å². The minimum Gasteiger partial charge on any atom is -0.330 e. The molecular weight excluding hydrogens is 641 g/mol. The zero-order valence-corrected chi connectivity index (χ0v) is 25.7. The normalized spacial score (nSPS) is 15.0. The molecule has 5 aromatic rings. The Balaban J connectivity index is 1.44. The van der Waals surface area contributed by atoms with Gasteiger partial charge in [0.2, 0.25) is 5.95 Å². The van der Waals surface area contributed by atoms with E-state index in [1.54, 1.807) is 34.7 Å². The van der Waals surface area contributed by atoms with E-state index in [0.29, 0.717) is 22.8 Å². The number of pyridine rings is 1. The number of alkyl halides is 3. The van der Waals surface area contributed by atoms with E-state index in [4.69, 9.17) is 4.98 Å². The van der Waals surface area contributed by atoms with Crippen LogP contribution in [0.1, 0.15) is 45.5 Å². The fraction of sp³-hybridized carbons (Fsp3) is 0.267. The zero-order valence-electron chi connectivity index (χ0n) is 24.1. The highest BCUT2D eigenvalue weighted by Crippen LogP contribution is 2.36. The van der Waals surface area contributed by atoms with Gasteiger partial charge in [-0.2, -0.15) is 23.4 Å². The predicted octanol–water partition coefficient (Wildman–Crippen LogP) is 5.20. The first kappa shape index (κ1) is 29.5. The van der Waals surface area contributed by atoms with Gasteiger partial charge >= 0.3 is 6.18 Å². The van der Waals surface area contributed by atoms with Crippen molar-refractivity contribution in [3.63, 3.8) is 0 Å². The SMILES string of the molecule is Cc1cc(C)n(-c2nc3c(c(=O)n2-c2ccc(-c4cnn(C)c4)cn2)C[C@@H](C)N(C(=O)c2ccc(Br)c(C(F)(F)F)c2)C3)n1. The lowest BCUT2D eigenvalue weighted by Crippen LogP contribution is -2.46. The van der Waals surface area contributed by atoms with Gasteiger partial charge in [0, 0.05) is 57.9 Å². The first-order valence-electron chi connectivity index (χ1n) is 13.6. The number of hydrogen-bond acceptors (Lipinski definition) is 6. The van der Waals surface area contributed by atoms with Crippen LogP contribution < -0.4 is 5.56 Å². The van der Waals surface area contributed by atoms with Crippen LogP contribution in [-0.4, -0.2) is 50.9 Å². The van der Waals surface area contributed by atoms with E-state index in [-0.39, 0.29) is 34.5 Å². The van der Waals surface area contributed by atoms with Crippen LogP contribution in [0.25, 0.3) is 22.9 Å². The number of carbonyl (C=O) groups excluding carboxylic acids is 1. The van der Waals surface area contributed by atoms with Crippen LogP contribution in [0.5, 0.6) is 0 Å². The van der Waals surface area contributed by atoms with Gasteiger partial charge in [0.05, 0.1) is 29.7 Å². The van der Waals surface area contributed by atoms with Gasteiger partial charge in [-0.15, -0.1) is 0 Å². The highest BCUT2D eigenvalue weighted by atomic mass is 79.9. The van der Waals surface area contributed by atoms with Gasteiger partial charge in [0.15, 0.2) is 0 Å². The molecule has 0 fully saturated rings. The Hall–Kier alpha value is -4.59. The van der Waals surface area contributed by atoms with Crippen molar-refractivity contribution in [3.8, 4) is 22.9 Å². The van der Waals surface area contributed by atoms with Gasteiger partial charge in [0.25, 0.3) is 11.5 Å². The summed E-state index contributed by atoms with van der Waals surface area (Å²) in [7, 11) is 1.82.